The van der Waals surface area contributed by atoms with Gasteiger partial charge < -0.3 is 4.90 Å². The second kappa shape index (κ2) is 11.4. The molecule has 0 aliphatic rings. The van der Waals surface area contributed by atoms with Gasteiger partial charge in [-0.05, 0) is 49.5 Å². The maximum Gasteiger partial charge on any atom is 0.244 e. The number of carbonyl (C=O) groups excluding carboxylic acids is 1. The van der Waals surface area contributed by atoms with Crippen molar-refractivity contribution < 1.29 is 17.6 Å². The van der Waals surface area contributed by atoms with E-state index in [9.17, 15) is 17.6 Å². The highest BCUT2D eigenvalue weighted by molar-refractivity contribution is 7.92. The summed E-state index contributed by atoms with van der Waals surface area (Å²) in [6.45, 7) is 6.38. The van der Waals surface area contributed by atoms with E-state index in [1.54, 1.807) is 12.1 Å². The van der Waals surface area contributed by atoms with E-state index in [2.05, 4.69) is 9.88 Å². The van der Waals surface area contributed by atoms with Gasteiger partial charge >= 0.3 is 0 Å². The van der Waals surface area contributed by atoms with Crippen LogP contribution in [0.2, 0.25) is 5.02 Å². The van der Waals surface area contributed by atoms with Gasteiger partial charge in [-0.15, -0.1) is 12.4 Å². The highest BCUT2D eigenvalue weighted by Crippen LogP contribution is 2.30. The average Bonchev–Trinajstić information content (AvgIpc) is 3.16. The number of anilines is 1. The van der Waals surface area contributed by atoms with E-state index in [0.717, 1.165) is 24.4 Å². The first kappa shape index (κ1) is 26.5. The van der Waals surface area contributed by atoms with Crippen molar-refractivity contribution in [2.24, 2.45) is 0 Å². The van der Waals surface area contributed by atoms with E-state index in [1.165, 1.54) is 35.2 Å². The molecule has 0 unspecified atom stereocenters. The molecule has 0 spiro atoms. The van der Waals surface area contributed by atoms with Crippen molar-refractivity contribution in [3.63, 3.8) is 0 Å². The number of rotatable bonds is 9. The number of aromatic nitrogens is 1. The SMILES string of the molecule is CCN(CC)CCN(C(=O)CS(=O)(=O)c1ccc(Cl)cc1)c1nc2c(F)cccc2s1.Cl. The van der Waals surface area contributed by atoms with Crippen LogP contribution in [0.1, 0.15) is 13.8 Å². The van der Waals surface area contributed by atoms with Crippen LogP contribution in [-0.4, -0.2) is 56.1 Å². The molecular formula is C21H24Cl2FN3O3S2. The first-order valence-corrected chi connectivity index (χ1v) is 12.7. The Balaban J connectivity index is 0.00000363. The molecule has 1 aromatic heterocycles. The molecule has 3 rings (SSSR count). The highest BCUT2D eigenvalue weighted by Gasteiger charge is 2.27. The van der Waals surface area contributed by atoms with Gasteiger partial charge in [-0.2, -0.15) is 0 Å². The number of para-hydroxylation sites is 1. The van der Waals surface area contributed by atoms with E-state index in [4.69, 9.17) is 11.6 Å². The molecule has 11 heteroatoms. The van der Waals surface area contributed by atoms with Gasteiger partial charge in [-0.1, -0.05) is 42.9 Å². The predicted octanol–water partition coefficient (Wildman–Crippen LogP) is 4.66. The number of nitrogens with zero attached hydrogens (tertiary/aromatic N) is 3. The molecule has 0 aliphatic carbocycles. The lowest BCUT2D eigenvalue weighted by molar-refractivity contribution is -0.116. The summed E-state index contributed by atoms with van der Waals surface area (Å²) in [7, 11) is -3.88. The monoisotopic (exact) mass is 519 g/mol. The van der Waals surface area contributed by atoms with Crippen LogP contribution in [0.5, 0.6) is 0 Å². The second-order valence-electron chi connectivity index (χ2n) is 6.87. The molecule has 0 radical (unpaired) electrons. The minimum Gasteiger partial charge on any atom is -0.302 e. The highest BCUT2D eigenvalue weighted by atomic mass is 35.5. The molecule has 2 aromatic carbocycles. The van der Waals surface area contributed by atoms with E-state index in [0.29, 0.717) is 16.3 Å². The number of halogens is 3. The molecule has 1 heterocycles. The fourth-order valence-corrected chi connectivity index (χ4v) is 5.44. The van der Waals surface area contributed by atoms with Crippen molar-refractivity contribution in [3.8, 4) is 0 Å². The Morgan fingerprint density at radius 2 is 1.75 bits per heavy atom. The largest absolute Gasteiger partial charge is 0.302 e. The van der Waals surface area contributed by atoms with Crippen LogP contribution in [0.4, 0.5) is 9.52 Å². The van der Waals surface area contributed by atoms with Crippen LogP contribution in [0, 0.1) is 5.82 Å². The van der Waals surface area contributed by atoms with Crippen LogP contribution in [0.15, 0.2) is 47.4 Å². The summed E-state index contributed by atoms with van der Waals surface area (Å²) in [4.78, 5) is 20.9. The topological polar surface area (TPSA) is 70.6 Å². The number of likely N-dealkylation sites (N-methyl/N-ethyl adjacent to an activating group) is 1. The quantitative estimate of drug-likeness (QED) is 0.411. The summed E-state index contributed by atoms with van der Waals surface area (Å²) in [6, 6.07) is 10.3. The van der Waals surface area contributed by atoms with Gasteiger partial charge in [-0.3, -0.25) is 9.69 Å². The second-order valence-corrected chi connectivity index (χ2v) is 10.3. The molecule has 0 atom stereocenters. The molecule has 0 saturated heterocycles. The molecule has 0 saturated carbocycles. The van der Waals surface area contributed by atoms with Gasteiger partial charge in [0.2, 0.25) is 5.91 Å². The number of thiazole rings is 1. The third-order valence-electron chi connectivity index (χ3n) is 4.91. The zero-order valence-electron chi connectivity index (χ0n) is 17.6. The summed E-state index contributed by atoms with van der Waals surface area (Å²) >= 11 is 7.00. The molecule has 1 amide bonds. The minimum atomic E-state index is -3.88. The van der Waals surface area contributed by atoms with E-state index in [1.807, 2.05) is 13.8 Å². The van der Waals surface area contributed by atoms with Crippen LogP contribution < -0.4 is 4.90 Å². The first-order valence-electron chi connectivity index (χ1n) is 9.81. The van der Waals surface area contributed by atoms with Crippen molar-refractivity contribution in [2.45, 2.75) is 18.7 Å². The molecule has 3 aromatic rings. The van der Waals surface area contributed by atoms with Gasteiger partial charge in [-0.25, -0.2) is 17.8 Å². The third-order valence-corrected chi connectivity index (χ3v) is 7.82. The Morgan fingerprint density at radius 1 is 1.09 bits per heavy atom. The van der Waals surface area contributed by atoms with Crippen molar-refractivity contribution in [2.75, 3.05) is 36.8 Å². The number of amides is 1. The molecule has 6 nitrogen and oxygen atoms in total. The normalized spacial score (nSPS) is 11.5. The van der Waals surface area contributed by atoms with Crippen LogP contribution >= 0.6 is 35.3 Å². The van der Waals surface area contributed by atoms with Crippen LogP contribution in [0.25, 0.3) is 10.2 Å². The van der Waals surface area contributed by atoms with Gasteiger partial charge in [0.05, 0.1) is 9.60 Å². The van der Waals surface area contributed by atoms with Crippen LogP contribution in [-0.2, 0) is 14.6 Å². The molecule has 0 aliphatic heterocycles. The Bertz CT molecular complexity index is 1170. The smallest absolute Gasteiger partial charge is 0.244 e. The number of benzene rings is 2. The van der Waals surface area contributed by atoms with E-state index >= 15 is 0 Å². The van der Waals surface area contributed by atoms with Crippen molar-refractivity contribution >= 4 is 66.4 Å². The number of sulfone groups is 1. The zero-order valence-corrected chi connectivity index (χ0v) is 20.8. The number of carbonyl (C=O) groups is 1. The summed E-state index contributed by atoms with van der Waals surface area (Å²) in [5.74, 6) is -1.81. The standard InChI is InChI=1S/C21H23ClFN3O3S2.ClH/c1-3-25(4-2)12-13-26(21-24-20-17(23)6-5-7-18(20)30-21)19(27)14-31(28,29)16-10-8-15(22)9-11-16;/h5-11H,3-4,12-14H2,1-2H3;1H. The zero-order chi connectivity index (χ0) is 22.6. The van der Waals surface area contributed by atoms with E-state index < -0.39 is 27.3 Å². The predicted molar refractivity (Wildman–Crippen MR) is 130 cm³/mol. The van der Waals surface area contributed by atoms with Gasteiger partial charge in [0, 0.05) is 18.1 Å². The summed E-state index contributed by atoms with van der Waals surface area (Å²) in [5.41, 5.74) is 0.170. The Kier molecular flexibility index (Phi) is 9.41. The van der Waals surface area contributed by atoms with Crippen molar-refractivity contribution in [1.82, 2.24) is 9.88 Å². The third kappa shape index (κ3) is 6.17. The first-order chi connectivity index (χ1) is 14.7. The van der Waals surface area contributed by atoms with Crippen LogP contribution in [0.3, 0.4) is 0 Å². The minimum absolute atomic E-state index is 0. The summed E-state index contributed by atoms with van der Waals surface area (Å²) < 4.78 is 40.3. The molecule has 0 fully saturated rings. The lowest BCUT2D eigenvalue weighted by Gasteiger charge is -2.24. The lowest BCUT2D eigenvalue weighted by atomic mass is 10.3. The Hall–Kier alpha value is -1.78. The molecule has 0 N–H and O–H groups in total. The summed E-state index contributed by atoms with van der Waals surface area (Å²) in [5, 5.41) is 0.686. The number of fused-ring (bicyclic) bond motifs is 1. The van der Waals surface area contributed by atoms with Gasteiger partial charge in [0.1, 0.15) is 17.1 Å². The summed E-state index contributed by atoms with van der Waals surface area (Å²) in [6.07, 6.45) is 0. The maximum atomic E-state index is 14.1. The molecule has 174 valence electrons. The molecular weight excluding hydrogens is 496 g/mol. The van der Waals surface area contributed by atoms with Gasteiger partial charge in [0.25, 0.3) is 0 Å². The Labute approximate surface area is 202 Å². The maximum absolute atomic E-state index is 14.1. The van der Waals surface area contributed by atoms with Crippen molar-refractivity contribution in [3.05, 3.63) is 53.3 Å². The fraction of sp³-hybridized carbons (Fsp3) is 0.333. The lowest BCUT2D eigenvalue weighted by Crippen LogP contribution is -2.41. The number of hydrogen-bond donors (Lipinski definition) is 0. The Morgan fingerprint density at radius 3 is 2.34 bits per heavy atom. The number of hydrogen-bond acceptors (Lipinski definition) is 6. The van der Waals surface area contributed by atoms with Crippen molar-refractivity contribution in [1.29, 1.82) is 0 Å². The average molecular weight is 520 g/mol. The fourth-order valence-electron chi connectivity index (χ4n) is 3.09. The van der Waals surface area contributed by atoms with Gasteiger partial charge in [0.15, 0.2) is 15.0 Å². The van der Waals surface area contributed by atoms with E-state index in [-0.39, 0.29) is 34.5 Å². The molecule has 32 heavy (non-hydrogen) atoms. The molecule has 0 bridgehead atoms.